The van der Waals surface area contributed by atoms with E-state index < -0.39 is 0 Å². The van der Waals surface area contributed by atoms with Crippen molar-refractivity contribution in [3.05, 3.63) is 102 Å². The van der Waals surface area contributed by atoms with Gasteiger partial charge in [-0.25, -0.2) is 4.42 Å². The quantitative estimate of drug-likeness (QED) is 0.424. The summed E-state index contributed by atoms with van der Waals surface area (Å²) in [6, 6.07) is 31.3. The Labute approximate surface area is 135 Å². The maximum Gasteiger partial charge on any atom is 0.361 e. The lowest BCUT2D eigenvalue weighted by atomic mass is 10.00. The van der Waals surface area contributed by atoms with Crippen molar-refractivity contribution < 1.29 is 4.42 Å². The van der Waals surface area contributed by atoms with Crippen LogP contribution in [0.4, 0.5) is 0 Å². The van der Waals surface area contributed by atoms with Crippen LogP contribution >= 0.6 is 0 Å². The van der Waals surface area contributed by atoms with Gasteiger partial charge in [-0.2, -0.15) is 0 Å². The molecule has 0 amide bonds. The second-order valence-corrected chi connectivity index (χ2v) is 5.66. The largest absolute Gasteiger partial charge is 0.361 e. The third-order valence-electron chi connectivity index (χ3n) is 4.05. The number of hydrogen-bond acceptors (Lipinski definition) is 0. The minimum absolute atomic E-state index is 0.900. The molecule has 0 radical (unpaired) electrons. The van der Waals surface area contributed by atoms with Crippen LogP contribution in [0.2, 0.25) is 0 Å². The molecule has 0 N–H and O–H groups in total. The smallest absolute Gasteiger partial charge is 0.207 e. The summed E-state index contributed by atoms with van der Waals surface area (Å²) in [4.78, 5) is 0. The van der Waals surface area contributed by atoms with Gasteiger partial charge in [-0.15, -0.1) is 0 Å². The molecule has 0 saturated heterocycles. The van der Waals surface area contributed by atoms with E-state index in [2.05, 4.69) is 60.7 Å². The van der Waals surface area contributed by atoms with Gasteiger partial charge in [0.25, 0.3) is 0 Å². The van der Waals surface area contributed by atoms with Crippen molar-refractivity contribution in [3.8, 4) is 11.3 Å². The Morgan fingerprint density at radius 3 is 2.09 bits per heavy atom. The van der Waals surface area contributed by atoms with Crippen LogP contribution in [0.15, 0.2) is 95.4 Å². The summed E-state index contributed by atoms with van der Waals surface area (Å²) in [5.74, 6) is 0.912. The fourth-order valence-electron chi connectivity index (χ4n) is 2.91. The van der Waals surface area contributed by atoms with E-state index in [0.29, 0.717) is 0 Å². The van der Waals surface area contributed by atoms with Crippen molar-refractivity contribution in [2.75, 3.05) is 0 Å². The lowest BCUT2D eigenvalue weighted by Crippen LogP contribution is -1.91. The van der Waals surface area contributed by atoms with Crippen LogP contribution in [0.1, 0.15) is 11.1 Å². The zero-order valence-electron chi connectivity index (χ0n) is 12.8. The number of para-hydroxylation sites is 1. The van der Waals surface area contributed by atoms with Gasteiger partial charge in [-0.05, 0) is 35.7 Å². The maximum atomic E-state index is 6.13. The van der Waals surface area contributed by atoms with Crippen LogP contribution in [0.25, 0.3) is 22.3 Å². The Bertz CT molecular complexity index is 928. The van der Waals surface area contributed by atoms with E-state index in [1.807, 2.05) is 30.3 Å². The van der Waals surface area contributed by atoms with Gasteiger partial charge in [0.1, 0.15) is 0 Å². The van der Waals surface area contributed by atoms with Crippen molar-refractivity contribution in [1.82, 2.24) is 0 Å². The normalized spacial score (nSPS) is 10.8. The summed E-state index contributed by atoms with van der Waals surface area (Å²) in [6.45, 7) is 0. The summed E-state index contributed by atoms with van der Waals surface area (Å²) in [7, 11) is 0. The minimum atomic E-state index is 0.900. The number of hydrogen-bond donors (Lipinski definition) is 0. The zero-order valence-corrected chi connectivity index (χ0v) is 12.8. The summed E-state index contributed by atoms with van der Waals surface area (Å²) in [5.41, 5.74) is 4.63. The molecule has 0 unspecified atom stereocenters. The van der Waals surface area contributed by atoms with Crippen LogP contribution in [0, 0.1) is 0 Å². The van der Waals surface area contributed by atoms with E-state index in [4.69, 9.17) is 4.42 Å². The average molecular weight is 297 g/mol. The van der Waals surface area contributed by atoms with E-state index in [9.17, 15) is 0 Å². The second kappa shape index (κ2) is 6.05. The van der Waals surface area contributed by atoms with Crippen molar-refractivity contribution in [3.63, 3.8) is 0 Å². The fraction of sp³-hybridized carbons (Fsp3) is 0.0455. The first-order valence-electron chi connectivity index (χ1n) is 7.84. The topological polar surface area (TPSA) is 11.3 Å². The molecule has 0 atom stereocenters. The summed E-state index contributed by atoms with van der Waals surface area (Å²) < 4.78 is 6.13. The van der Waals surface area contributed by atoms with Crippen LogP contribution in [-0.2, 0) is 6.42 Å². The molecule has 0 bridgehead atoms. The highest BCUT2D eigenvalue weighted by molar-refractivity contribution is 5.83. The monoisotopic (exact) mass is 297 g/mol. The van der Waals surface area contributed by atoms with Crippen LogP contribution < -0.4 is 0 Å². The highest BCUT2D eigenvalue weighted by Crippen LogP contribution is 2.29. The molecule has 4 rings (SSSR count). The van der Waals surface area contributed by atoms with Crippen molar-refractivity contribution in [2.24, 2.45) is 0 Å². The molecule has 110 valence electrons. The first kappa shape index (κ1) is 13.7. The van der Waals surface area contributed by atoms with E-state index >= 15 is 0 Å². The van der Waals surface area contributed by atoms with Crippen LogP contribution in [0.3, 0.4) is 0 Å². The van der Waals surface area contributed by atoms with Crippen LogP contribution in [-0.4, -0.2) is 0 Å². The third kappa shape index (κ3) is 2.86. The molecule has 1 heteroatoms. The summed E-state index contributed by atoms with van der Waals surface area (Å²) in [6.07, 6.45) is 0.900. The summed E-state index contributed by atoms with van der Waals surface area (Å²) >= 11 is 0. The lowest BCUT2D eigenvalue weighted by Gasteiger charge is -2.03. The Morgan fingerprint density at radius 2 is 1.30 bits per heavy atom. The molecule has 3 aromatic carbocycles. The van der Waals surface area contributed by atoms with Gasteiger partial charge in [0, 0.05) is 12.1 Å². The molecule has 0 aliphatic carbocycles. The van der Waals surface area contributed by atoms with Crippen LogP contribution in [0.5, 0.6) is 0 Å². The molecule has 23 heavy (non-hydrogen) atoms. The van der Waals surface area contributed by atoms with Crippen molar-refractivity contribution in [1.29, 1.82) is 0 Å². The maximum absolute atomic E-state index is 6.13. The van der Waals surface area contributed by atoms with Gasteiger partial charge in [0.15, 0.2) is 0 Å². The molecule has 0 aliphatic heterocycles. The molecule has 1 heterocycles. The molecule has 0 spiro atoms. The molecular weight excluding hydrogens is 280 g/mol. The van der Waals surface area contributed by atoms with Gasteiger partial charge in [0.05, 0.1) is 10.9 Å². The molecule has 4 aromatic rings. The van der Waals surface area contributed by atoms with Gasteiger partial charge in [0.2, 0.25) is 0 Å². The van der Waals surface area contributed by atoms with E-state index in [1.165, 1.54) is 16.5 Å². The Balaban J connectivity index is 1.87. The molecular formula is C22H17O+. The molecule has 0 saturated carbocycles. The minimum Gasteiger partial charge on any atom is -0.207 e. The molecule has 1 nitrogen and oxygen atoms in total. The predicted molar refractivity (Wildman–Crippen MR) is 95.3 cm³/mol. The highest BCUT2D eigenvalue weighted by atomic mass is 16.3. The first-order chi connectivity index (χ1) is 11.4. The second-order valence-electron chi connectivity index (χ2n) is 5.66. The van der Waals surface area contributed by atoms with Gasteiger partial charge in [-0.1, -0.05) is 60.7 Å². The van der Waals surface area contributed by atoms with E-state index in [0.717, 1.165) is 23.3 Å². The summed E-state index contributed by atoms with van der Waals surface area (Å²) in [5, 5.41) is 1.18. The zero-order chi connectivity index (χ0) is 15.5. The van der Waals surface area contributed by atoms with E-state index in [-0.39, 0.29) is 0 Å². The number of rotatable bonds is 3. The Kier molecular flexibility index (Phi) is 3.61. The molecule has 1 aromatic heterocycles. The average Bonchev–Trinajstić information content (AvgIpc) is 2.63. The fourth-order valence-corrected chi connectivity index (χ4v) is 2.91. The molecule has 0 aliphatic rings. The Hall–Kier alpha value is -2.93. The SMILES string of the molecule is c1ccc(Cc2cc(-c3ccccc3)[o+]c3ccccc23)cc1. The van der Waals surface area contributed by atoms with Crippen molar-refractivity contribution >= 4 is 11.0 Å². The number of fused-ring (bicyclic) bond motifs is 1. The van der Waals surface area contributed by atoms with Gasteiger partial charge in [-0.3, -0.25) is 0 Å². The Morgan fingerprint density at radius 1 is 0.652 bits per heavy atom. The lowest BCUT2D eigenvalue weighted by molar-refractivity contribution is 0.618. The number of benzene rings is 3. The van der Waals surface area contributed by atoms with E-state index in [1.54, 1.807) is 0 Å². The predicted octanol–water partition coefficient (Wildman–Crippen LogP) is 5.97. The first-order valence-corrected chi connectivity index (χ1v) is 7.84. The third-order valence-corrected chi connectivity index (χ3v) is 4.05. The van der Waals surface area contributed by atoms with Gasteiger partial charge >= 0.3 is 11.3 Å². The highest BCUT2D eigenvalue weighted by Gasteiger charge is 2.18. The standard InChI is InChI=1S/C22H17O/c1-3-9-17(10-4-1)15-19-16-22(18-11-5-2-6-12-18)23-21-14-8-7-13-20(19)21/h1-14,16H,15H2/q+1. The molecule has 0 fully saturated rings. The van der Waals surface area contributed by atoms with Crippen molar-refractivity contribution in [2.45, 2.75) is 6.42 Å². The van der Waals surface area contributed by atoms with Gasteiger partial charge < -0.3 is 0 Å².